The molecule has 1 atom stereocenters. The summed E-state index contributed by atoms with van der Waals surface area (Å²) in [7, 11) is -2.32. The van der Waals surface area contributed by atoms with E-state index in [4.69, 9.17) is 5.11 Å². The minimum absolute atomic E-state index is 0.0769. The van der Waals surface area contributed by atoms with Crippen LogP contribution in [0.3, 0.4) is 0 Å². The van der Waals surface area contributed by atoms with E-state index in [-0.39, 0.29) is 17.5 Å². The predicted molar refractivity (Wildman–Crippen MR) is 73.0 cm³/mol. The van der Waals surface area contributed by atoms with Crippen molar-refractivity contribution in [2.45, 2.75) is 24.0 Å². The van der Waals surface area contributed by atoms with Gasteiger partial charge in [-0.15, -0.1) is 0 Å². The number of aliphatic hydroxyl groups excluding tert-OH is 1. The lowest BCUT2D eigenvalue weighted by Crippen LogP contribution is -2.37. The lowest BCUT2D eigenvalue weighted by Gasteiger charge is -2.23. The van der Waals surface area contributed by atoms with Gasteiger partial charge in [-0.25, -0.2) is 12.8 Å². The maximum Gasteiger partial charge on any atom is 0.246 e. The summed E-state index contributed by atoms with van der Waals surface area (Å²) >= 11 is 1.70. The van der Waals surface area contributed by atoms with Crippen LogP contribution in [0.4, 0.5) is 4.39 Å². The van der Waals surface area contributed by atoms with Crippen LogP contribution in [0.25, 0.3) is 0 Å². The number of halogens is 1. The molecule has 4 nitrogen and oxygen atoms in total. The first-order valence-electron chi connectivity index (χ1n) is 5.92. The van der Waals surface area contributed by atoms with Crippen LogP contribution >= 0.6 is 11.8 Å². The van der Waals surface area contributed by atoms with E-state index in [0.29, 0.717) is 5.56 Å². The van der Waals surface area contributed by atoms with Gasteiger partial charge in [-0.05, 0) is 29.9 Å². The molecule has 1 aromatic rings. The van der Waals surface area contributed by atoms with Gasteiger partial charge in [0.25, 0.3) is 0 Å². The van der Waals surface area contributed by atoms with E-state index in [9.17, 15) is 12.8 Å². The third kappa shape index (κ3) is 2.94. The van der Waals surface area contributed by atoms with E-state index < -0.39 is 15.8 Å². The molecule has 7 heteroatoms. The summed E-state index contributed by atoms with van der Waals surface area (Å²) in [6, 6.07) is 3.62. The van der Waals surface area contributed by atoms with E-state index in [1.54, 1.807) is 11.8 Å². The van der Waals surface area contributed by atoms with Crippen molar-refractivity contribution in [3.05, 3.63) is 29.6 Å². The molecule has 0 bridgehead atoms. The van der Waals surface area contributed by atoms with Crippen molar-refractivity contribution in [3.63, 3.8) is 0 Å². The zero-order valence-corrected chi connectivity index (χ0v) is 12.2. The predicted octanol–water partition coefficient (Wildman–Crippen LogP) is 1.44. The largest absolute Gasteiger partial charge is 0.392 e. The fourth-order valence-electron chi connectivity index (χ4n) is 2.01. The molecule has 0 radical (unpaired) electrons. The lowest BCUT2D eigenvalue weighted by molar-refractivity contribution is 0.281. The summed E-state index contributed by atoms with van der Waals surface area (Å²) in [5.41, 5.74) is 0.357. The third-order valence-corrected chi connectivity index (χ3v) is 6.34. The summed E-state index contributed by atoms with van der Waals surface area (Å²) in [5, 5.41) is 8.91. The van der Waals surface area contributed by atoms with Gasteiger partial charge in [-0.3, -0.25) is 0 Å². The number of hydrogen-bond acceptors (Lipinski definition) is 4. The molecule has 0 aliphatic carbocycles. The number of rotatable bonds is 4. The average molecular weight is 305 g/mol. The molecule has 0 amide bonds. The van der Waals surface area contributed by atoms with Gasteiger partial charge in [0.1, 0.15) is 10.7 Å². The molecule has 106 valence electrons. The monoisotopic (exact) mass is 305 g/mol. The summed E-state index contributed by atoms with van der Waals surface area (Å²) in [4.78, 5) is -0.330. The first-order valence-corrected chi connectivity index (χ1v) is 8.51. The Balaban J connectivity index is 2.33. The topological polar surface area (TPSA) is 57.6 Å². The highest BCUT2D eigenvalue weighted by Crippen LogP contribution is 2.27. The van der Waals surface area contributed by atoms with E-state index in [1.165, 1.54) is 23.5 Å². The van der Waals surface area contributed by atoms with Gasteiger partial charge in [0, 0.05) is 18.8 Å². The highest BCUT2D eigenvalue weighted by Gasteiger charge is 2.32. The third-order valence-electron chi connectivity index (χ3n) is 3.26. The van der Waals surface area contributed by atoms with Gasteiger partial charge >= 0.3 is 0 Å². The molecule has 0 spiro atoms. The van der Waals surface area contributed by atoms with Crippen LogP contribution in [-0.2, 0) is 16.6 Å². The molecule has 2 rings (SSSR count). The Morgan fingerprint density at radius 1 is 1.53 bits per heavy atom. The van der Waals surface area contributed by atoms with Crippen LogP contribution in [0, 0.1) is 5.82 Å². The number of sulfonamides is 1. The molecule has 19 heavy (non-hydrogen) atoms. The maximum absolute atomic E-state index is 13.9. The summed E-state index contributed by atoms with van der Waals surface area (Å²) in [6.07, 6.45) is 0.788. The first kappa shape index (κ1) is 14.8. The zero-order valence-electron chi connectivity index (χ0n) is 10.5. The van der Waals surface area contributed by atoms with Crippen LogP contribution in [0.15, 0.2) is 23.1 Å². The Kier molecular flexibility index (Phi) is 4.50. The van der Waals surface area contributed by atoms with Crippen molar-refractivity contribution in [1.82, 2.24) is 4.31 Å². The van der Waals surface area contributed by atoms with Crippen molar-refractivity contribution in [2.24, 2.45) is 0 Å². The smallest absolute Gasteiger partial charge is 0.246 e. The standard InChI is InChI=1S/C12H16FNO3S2/c1-14(10-4-5-18-8-10)19(16,17)12-3-2-9(7-15)6-11(12)13/h2-3,6,10,15H,4-5,7-8H2,1H3. The summed E-state index contributed by atoms with van der Waals surface area (Å²) < 4.78 is 39.8. The quantitative estimate of drug-likeness (QED) is 0.914. The molecular weight excluding hydrogens is 289 g/mol. The molecule has 1 aliphatic heterocycles. The summed E-state index contributed by atoms with van der Waals surface area (Å²) in [6.45, 7) is -0.313. The molecular formula is C12H16FNO3S2. The average Bonchev–Trinajstić information content (AvgIpc) is 2.90. The Labute approximate surface area is 116 Å². The maximum atomic E-state index is 13.9. The van der Waals surface area contributed by atoms with Gasteiger partial charge in [-0.2, -0.15) is 16.1 Å². The van der Waals surface area contributed by atoms with Crippen LogP contribution in [0.2, 0.25) is 0 Å². The Hall–Kier alpha value is -0.630. The normalized spacial score (nSPS) is 20.1. The Morgan fingerprint density at radius 2 is 2.26 bits per heavy atom. The van der Waals surface area contributed by atoms with Crippen molar-refractivity contribution in [3.8, 4) is 0 Å². The van der Waals surface area contributed by atoms with Gasteiger partial charge in [0.05, 0.1) is 6.61 Å². The number of benzene rings is 1. The molecule has 0 aromatic heterocycles. The molecule has 1 aliphatic rings. The Bertz CT molecular complexity index is 556. The van der Waals surface area contributed by atoms with Crippen LogP contribution < -0.4 is 0 Å². The first-order chi connectivity index (χ1) is 8.96. The highest BCUT2D eigenvalue weighted by molar-refractivity contribution is 7.99. The SMILES string of the molecule is CN(C1CCSC1)S(=O)(=O)c1ccc(CO)cc1F. The molecule has 1 N–H and O–H groups in total. The number of aliphatic hydroxyl groups is 1. The van der Waals surface area contributed by atoms with Crippen LogP contribution in [-0.4, -0.2) is 42.4 Å². The van der Waals surface area contributed by atoms with Gasteiger partial charge in [-0.1, -0.05) is 6.07 Å². The van der Waals surface area contributed by atoms with Gasteiger partial charge in [0.15, 0.2) is 0 Å². The van der Waals surface area contributed by atoms with Crippen molar-refractivity contribution >= 4 is 21.8 Å². The van der Waals surface area contributed by atoms with Crippen molar-refractivity contribution in [1.29, 1.82) is 0 Å². The number of thioether (sulfide) groups is 1. The molecule has 1 fully saturated rings. The van der Waals surface area contributed by atoms with E-state index in [1.807, 2.05) is 0 Å². The zero-order chi connectivity index (χ0) is 14.0. The second-order valence-electron chi connectivity index (χ2n) is 4.46. The molecule has 1 aromatic carbocycles. The second kappa shape index (κ2) is 5.78. The van der Waals surface area contributed by atoms with E-state index in [2.05, 4.69) is 0 Å². The number of nitrogens with zero attached hydrogens (tertiary/aromatic N) is 1. The van der Waals surface area contributed by atoms with Crippen LogP contribution in [0.5, 0.6) is 0 Å². The highest BCUT2D eigenvalue weighted by atomic mass is 32.2. The molecule has 1 heterocycles. The summed E-state index contributed by atoms with van der Waals surface area (Å²) in [5.74, 6) is 0.853. The van der Waals surface area contributed by atoms with Gasteiger partial charge in [0.2, 0.25) is 10.0 Å². The minimum Gasteiger partial charge on any atom is -0.392 e. The molecule has 0 saturated carbocycles. The molecule has 1 unspecified atom stereocenters. The minimum atomic E-state index is -3.81. The Morgan fingerprint density at radius 3 is 2.79 bits per heavy atom. The fourth-order valence-corrected chi connectivity index (χ4v) is 4.80. The molecule has 1 saturated heterocycles. The second-order valence-corrected chi connectivity index (χ2v) is 7.58. The van der Waals surface area contributed by atoms with Gasteiger partial charge < -0.3 is 5.11 Å². The van der Waals surface area contributed by atoms with E-state index >= 15 is 0 Å². The van der Waals surface area contributed by atoms with Crippen molar-refractivity contribution < 1.29 is 17.9 Å². The fraction of sp³-hybridized carbons (Fsp3) is 0.500. The van der Waals surface area contributed by atoms with Crippen LogP contribution in [0.1, 0.15) is 12.0 Å². The lowest BCUT2D eigenvalue weighted by atomic mass is 10.2. The van der Waals surface area contributed by atoms with E-state index in [0.717, 1.165) is 24.0 Å². The number of hydrogen-bond donors (Lipinski definition) is 1. The van der Waals surface area contributed by atoms with Crippen molar-refractivity contribution in [2.75, 3.05) is 18.6 Å².